The summed E-state index contributed by atoms with van der Waals surface area (Å²) < 4.78 is 13.3. The van der Waals surface area contributed by atoms with Gasteiger partial charge < -0.3 is 10.2 Å². The van der Waals surface area contributed by atoms with Crippen molar-refractivity contribution in [3.05, 3.63) is 35.6 Å². The van der Waals surface area contributed by atoms with Gasteiger partial charge in [0.05, 0.1) is 13.2 Å². The molecule has 0 heterocycles. The van der Waals surface area contributed by atoms with Crippen molar-refractivity contribution in [2.45, 2.75) is 5.75 Å². The van der Waals surface area contributed by atoms with Crippen LogP contribution in [0.1, 0.15) is 5.56 Å². The molecule has 0 aromatic heterocycles. The average Bonchev–Trinajstić information content (AvgIpc) is 2.22. The van der Waals surface area contributed by atoms with Crippen LogP contribution in [0.5, 0.6) is 0 Å². The second-order valence-electron chi connectivity index (χ2n) is 3.20. The molecule has 0 amide bonds. The summed E-state index contributed by atoms with van der Waals surface area (Å²) in [6, 6.07) is 6.66. The average molecular weight is 231 g/mol. The maximum atomic E-state index is 13.3. The number of hydrogen-bond donors (Lipinski definition) is 2. The van der Waals surface area contributed by atoms with E-state index in [-0.39, 0.29) is 29.9 Å². The Hall–Kier alpha value is -0.580. The number of hydrogen-bond acceptors (Lipinski definition) is 2. The van der Waals surface area contributed by atoms with Gasteiger partial charge >= 0.3 is 0 Å². The Labute approximate surface area is 92.1 Å². The van der Waals surface area contributed by atoms with Crippen LogP contribution >= 0.6 is 0 Å². The van der Waals surface area contributed by atoms with Crippen molar-refractivity contribution in [2.24, 2.45) is 0 Å². The van der Waals surface area contributed by atoms with E-state index in [9.17, 15) is 4.39 Å². The molecular formula is C11H16FO2S+. The first-order chi connectivity index (χ1) is 7.27. The highest BCUT2D eigenvalue weighted by atomic mass is 32.2. The van der Waals surface area contributed by atoms with Crippen LogP contribution in [0.15, 0.2) is 24.3 Å². The molecule has 0 atom stereocenters. The molecule has 0 aliphatic rings. The first kappa shape index (κ1) is 12.5. The van der Waals surface area contributed by atoms with Crippen molar-refractivity contribution in [2.75, 3.05) is 24.7 Å². The number of halogens is 1. The van der Waals surface area contributed by atoms with E-state index in [4.69, 9.17) is 10.2 Å². The highest BCUT2D eigenvalue weighted by molar-refractivity contribution is 7.96. The second kappa shape index (κ2) is 6.82. The highest BCUT2D eigenvalue weighted by Crippen LogP contribution is 2.12. The van der Waals surface area contributed by atoms with Crippen LogP contribution in [0.2, 0.25) is 0 Å². The van der Waals surface area contributed by atoms with Crippen molar-refractivity contribution in [1.29, 1.82) is 0 Å². The van der Waals surface area contributed by atoms with Gasteiger partial charge in [-0.25, -0.2) is 4.39 Å². The maximum absolute atomic E-state index is 13.3. The minimum absolute atomic E-state index is 0.0948. The van der Waals surface area contributed by atoms with Crippen molar-refractivity contribution < 1.29 is 14.6 Å². The lowest BCUT2D eigenvalue weighted by molar-refractivity contribution is 0.316. The quantitative estimate of drug-likeness (QED) is 0.715. The van der Waals surface area contributed by atoms with Crippen LogP contribution in [0, 0.1) is 5.82 Å². The van der Waals surface area contributed by atoms with E-state index in [1.807, 2.05) is 0 Å². The monoisotopic (exact) mass is 231 g/mol. The van der Waals surface area contributed by atoms with Gasteiger partial charge in [0.1, 0.15) is 23.1 Å². The molecule has 2 N–H and O–H groups in total. The summed E-state index contributed by atoms with van der Waals surface area (Å²) in [5.74, 6) is 1.67. The van der Waals surface area contributed by atoms with E-state index in [0.29, 0.717) is 22.8 Å². The van der Waals surface area contributed by atoms with Gasteiger partial charge in [-0.1, -0.05) is 18.2 Å². The summed E-state index contributed by atoms with van der Waals surface area (Å²) in [7, 11) is -0.126. The standard InChI is InChI=1S/C11H16FO2S/c12-11-4-2-1-3-10(11)9-15(7-5-13)8-6-14/h1-4,13-14H,5-9H2/q+1. The second-order valence-corrected chi connectivity index (χ2v) is 5.53. The van der Waals surface area contributed by atoms with Gasteiger partial charge in [-0.3, -0.25) is 0 Å². The molecule has 1 rings (SSSR count). The number of benzene rings is 1. The molecule has 0 aliphatic carbocycles. The predicted molar refractivity (Wildman–Crippen MR) is 61.4 cm³/mol. The van der Waals surface area contributed by atoms with Crippen LogP contribution in [-0.2, 0) is 16.6 Å². The molecule has 0 radical (unpaired) electrons. The molecule has 1 aromatic rings. The molecule has 0 bridgehead atoms. The molecule has 0 saturated heterocycles. The Morgan fingerprint density at radius 1 is 1.07 bits per heavy atom. The molecule has 0 spiro atoms. The van der Waals surface area contributed by atoms with Gasteiger partial charge in [-0.2, -0.15) is 0 Å². The Balaban J connectivity index is 2.60. The van der Waals surface area contributed by atoms with E-state index < -0.39 is 0 Å². The van der Waals surface area contributed by atoms with Crippen LogP contribution in [-0.4, -0.2) is 34.9 Å². The Kier molecular flexibility index (Phi) is 5.68. The number of rotatable bonds is 6. The molecular weight excluding hydrogens is 215 g/mol. The minimum atomic E-state index is -0.203. The maximum Gasteiger partial charge on any atom is 0.136 e. The summed E-state index contributed by atoms with van der Waals surface area (Å²) in [5.41, 5.74) is 0.669. The van der Waals surface area contributed by atoms with E-state index in [1.54, 1.807) is 18.2 Å². The molecule has 1 aromatic carbocycles. The van der Waals surface area contributed by atoms with Crippen molar-refractivity contribution in [3.8, 4) is 0 Å². The number of aliphatic hydroxyl groups excluding tert-OH is 2. The summed E-state index contributed by atoms with van der Waals surface area (Å²) in [6.45, 7) is 0.190. The molecule has 0 unspecified atom stereocenters. The summed E-state index contributed by atoms with van der Waals surface area (Å²) in [5, 5.41) is 17.7. The fourth-order valence-corrected chi connectivity index (χ4v) is 3.02. The molecule has 2 nitrogen and oxygen atoms in total. The van der Waals surface area contributed by atoms with Crippen molar-refractivity contribution >= 4 is 10.9 Å². The van der Waals surface area contributed by atoms with Gasteiger partial charge in [0.25, 0.3) is 0 Å². The van der Waals surface area contributed by atoms with Crippen LogP contribution in [0.25, 0.3) is 0 Å². The largest absolute Gasteiger partial charge is 0.391 e. The SMILES string of the molecule is OCC[S+](CCO)Cc1ccccc1F. The smallest absolute Gasteiger partial charge is 0.136 e. The Morgan fingerprint density at radius 2 is 1.67 bits per heavy atom. The summed E-state index contributed by atoms with van der Waals surface area (Å²) in [6.07, 6.45) is 0. The summed E-state index contributed by atoms with van der Waals surface area (Å²) in [4.78, 5) is 0. The van der Waals surface area contributed by atoms with E-state index in [0.717, 1.165) is 0 Å². The molecule has 4 heteroatoms. The zero-order valence-electron chi connectivity index (χ0n) is 8.53. The predicted octanol–water partition coefficient (Wildman–Crippen LogP) is 0.929. The van der Waals surface area contributed by atoms with E-state index >= 15 is 0 Å². The van der Waals surface area contributed by atoms with Gasteiger partial charge in [0.2, 0.25) is 0 Å². The third-order valence-corrected chi connectivity index (χ3v) is 4.32. The lowest BCUT2D eigenvalue weighted by atomic mass is 10.2. The van der Waals surface area contributed by atoms with Gasteiger partial charge in [0, 0.05) is 5.56 Å². The third-order valence-electron chi connectivity index (χ3n) is 2.08. The molecule has 15 heavy (non-hydrogen) atoms. The van der Waals surface area contributed by atoms with E-state index in [1.165, 1.54) is 6.07 Å². The normalized spacial score (nSPS) is 10.9. The topological polar surface area (TPSA) is 40.5 Å². The lowest BCUT2D eigenvalue weighted by Crippen LogP contribution is -2.20. The van der Waals surface area contributed by atoms with Crippen LogP contribution in [0.3, 0.4) is 0 Å². The van der Waals surface area contributed by atoms with E-state index in [2.05, 4.69) is 0 Å². The van der Waals surface area contributed by atoms with Gasteiger partial charge in [0.15, 0.2) is 0 Å². The van der Waals surface area contributed by atoms with Crippen LogP contribution < -0.4 is 0 Å². The van der Waals surface area contributed by atoms with Crippen molar-refractivity contribution in [3.63, 3.8) is 0 Å². The highest BCUT2D eigenvalue weighted by Gasteiger charge is 2.19. The van der Waals surface area contributed by atoms with Gasteiger partial charge in [-0.05, 0) is 17.0 Å². The minimum Gasteiger partial charge on any atom is -0.391 e. The molecule has 0 aliphatic heterocycles. The lowest BCUT2D eigenvalue weighted by Gasteiger charge is -2.06. The fourth-order valence-electron chi connectivity index (χ4n) is 1.34. The number of aliphatic hydroxyl groups is 2. The Bertz CT molecular complexity index is 288. The molecule has 0 fully saturated rings. The zero-order valence-corrected chi connectivity index (χ0v) is 9.34. The third kappa shape index (κ3) is 4.20. The molecule has 84 valence electrons. The zero-order chi connectivity index (χ0) is 11.1. The fraction of sp³-hybridized carbons (Fsp3) is 0.455. The first-order valence-corrected chi connectivity index (χ1v) is 6.60. The Morgan fingerprint density at radius 3 is 2.20 bits per heavy atom. The van der Waals surface area contributed by atoms with Crippen molar-refractivity contribution in [1.82, 2.24) is 0 Å². The molecule has 0 saturated carbocycles. The summed E-state index contributed by atoms with van der Waals surface area (Å²) >= 11 is 0. The van der Waals surface area contributed by atoms with Gasteiger partial charge in [-0.15, -0.1) is 0 Å². The van der Waals surface area contributed by atoms with Crippen LogP contribution in [0.4, 0.5) is 4.39 Å². The first-order valence-electron chi connectivity index (χ1n) is 4.87.